The second-order valence-corrected chi connectivity index (χ2v) is 7.28. The monoisotopic (exact) mass is 331 g/mol. The zero-order valence-corrected chi connectivity index (χ0v) is 14.5. The molecule has 0 N–H and O–H groups in total. The van der Waals surface area contributed by atoms with Gasteiger partial charge < -0.3 is 9.30 Å². The molecule has 0 bridgehead atoms. The Balaban J connectivity index is 1.44. The van der Waals surface area contributed by atoms with E-state index in [4.69, 9.17) is 4.74 Å². The van der Waals surface area contributed by atoms with E-state index in [0.717, 1.165) is 24.9 Å². The van der Waals surface area contributed by atoms with E-state index in [2.05, 4.69) is 53.0 Å². The molecular weight excluding hydrogens is 306 g/mol. The summed E-state index contributed by atoms with van der Waals surface area (Å²) in [5.41, 5.74) is 1.35. The van der Waals surface area contributed by atoms with E-state index < -0.39 is 0 Å². The molecule has 4 nitrogen and oxygen atoms in total. The molecule has 1 aliphatic heterocycles. The average molecular weight is 331 g/mol. The van der Waals surface area contributed by atoms with Gasteiger partial charge in [-0.2, -0.15) is 11.8 Å². The quantitative estimate of drug-likeness (QED) is 0.779. The summed E-state index contributed by atoms with van der Waals surface area (Å²) in [6.45, 7) is 2.50. The maximum atomic E-state index is 5.79. The Kier molecular flexibility index (Phi) is 6.00. The minimum absolute atomic E-state index is 0.662. The van der Waals surface area contributed by atoms with Crippen LogP contribution >= 0.6 is 11.8 Å². The first kappa shape index (κ1) is 16.4. The van der Waals surface area contributed by atoms with Crippen molar-refractivity contribution in [2.24, 2.45) is 0 Å². The maximum Gasteiger partial charge on any atom is 0.119 e. The van der Waals surface area contributed by atoms with Crippen LogP contribution in [0.5, 0.6) is 5.75 Å². The Bertz CT molecular complexity index is 564. The second-order valence-electron chi connectivity index (χ2n) is 6.05. The summed E-state index contributed by atoms with van der Waals surface area (Å²) >= 11 is 2.08. The van der Waals surface area contributed by atoms with Gasteiger partial charge in [-0.1, -0.05) is 12.1 Å². The van der Waals surface area contributed by atoms with Crippen molar-refractivity contribution in [2.75, 3.05) is 25.2 Å². The Hall–Kier alpha value is -1.46. The maximum absolute atomic E-state index is 5.79. The van der Waals surface area contributed by atoms with Gasteiger partial charge in [0.25, 0.3) is 0 Å². The first-order valence-electron chi connectivity index (χ1n) is 8.27. The predicted octanol–water partition coefficient (Wildman–Crippen LogP) is 3.29. The molecule has 0 spiro atoms. The molecule has 1 aromatic heterocycles. The highest BCUT2D eigenvalue weighted by Gasteiger charge is 2.18. The summed E-state index contributed by atoms with van der Waals surface area (Å²) in [5, 5.41) is 0. The van der Waals surface area contributed by atoms with Crippen LogP contribution < -0.4 is 4.74 Å². The number of hydrogen-bond donors (Lipinski definition) is 0. The topological polar surface area (TPSA) is 30.3 Å². The van der Waals surface area contributed by atoms with E-state index in [1.165, 1.54) is 29.9 Å². The van der Waals surface area contributed by atoms with Crippen molar-refractivity contribution < 1.29 is 4.74 Å². The zero-order valence-electron chi connectivity index (χ0n) is 13.7. The van der Waals surface area contributed by atoms with Crippen LogP contribution in [0.2, 0.25) is 0 Å². The molecule has 2 heterocycles. The number of aromatic nitrogens is 2. The van der Waals surface area contributed by atoms with E-state index in [0.29, 0.717) is 6.61 Å². The molecule has 0 amide bonds. The van der Waals surface area contributed by atoms with Crippen LogP contribution in [0.25, 0.3) is 0 Å². The lowest BCUT2D eigenvalue weighted by Crippen LogP contribution is -2.34. The van der Waals surface area contributed by atoms with E-state index in [1.807, 2.05) is 17.1 Å². The van der Waals surface area contributed by atoms with Crippen LogP contribution in [-0.4, -0.2) is 45.7 Å². The Morgan fingerprint density at radius 2 is 2.04 bits per heavy atom. The van der Waals surface area contributed by atoms with Crippen LogP contribution in [0.1, 0.15) is 18.4 Å². The zero-order chi connectivity index (χ0) is 15.9. The molecule has 23 heavy (non-hydrogen) atoms. The van der Waals surface area contributed by atoms with Crippen molar-refractivity contribution in [1.82, 2.24) is 14.5 Å². The SMILES string of the molecule is CN(Cc1ccc(OCCn2ccnc2)cc1)C1CCSCC1. The molecule has 1 saturated heterocycles. The van der Waals surface area contributed by atoms with Crippen LogP contribution in [0.3, 0.4) is 0 Å². The molecule has 0 aliphatic carbocycles. The van der Waals surface area contributed by atoms with Crippen molar-refractivity contribution in [3.63, 3.8) is 0 Å². The van der Waals surface area contributed by atoms with Gasteiger partial charge in [-0.05, 0) is 49.1 Å². The van der Waals surface area contributed by atoms with E-state index in [9.17, 15) is 0 Å². The molecule has 1 aliphatic rings. The number of thioether (sulfide) groups is 1. The third kappa shape index (κ3) is 5.01. The van der Waals surface area contributed by atoms with Crippen LogP contribution in [-0.2, 0) is 13.1 Å². The fourth-order valence-electron chi connectivity index (χ4n) is 2.92. The van der Waals surface area contributed by atoms with E-state index in [1.54, 1.807) is 6.20 Å². The van der Waals surface area contributed by atoms with E-state index in [-0.39, 0.29) is 0 Å². The summed E-state index contributed by atoms with van der Waals surface area (Å²) in [6.07, 6.45) is 8.18. The van der Waals surface area contributed by atoms with Gasteiger partial charge in [0.1, 0.15) is 12.4 Å². The molecule has 1 aromatic carbocycles. The standard InChI is InChI=1S/C18H25N3OS/c1-20(17-6-12-23-13-7-17)14-16-2-4-18(5-3-16)22-11-10-21-9-8-19-15-21/h2-5,8-9,15,17H,6-7,10-14H2,1H3. The molecule has 124 valence electrons. The van der Waals surface area contributed by atoms with Crippen molar-refractivity contribution in [2.45, 2.75) is 32.0 Å². The largest absolute Gasteiger partial charge is 0.492 e. The third-order valence-electron chi connectivity index (χ3n) is 4.35. The number of imidazole rings is 1. The van der Waals surface area contributed by atoms with E-state index >= 15 is 0 Å². The summed E-state index contributed by atoms with van der Waals surface area (Å²) in [5.74, 6) is 3.54. The molecule has 1 fully saturated rings. The Morgan fingerprint density at radius 1 is 1.26 bits per heavy atom. The minimum Gasteiger partial charge on any atom is -0.492 e. The van der Waals surface area contributed by atoms with Crippen molar-refractivity contribution in [3.8, 4) is 5.75 Å². The fourth-order valence-corrected chi connectivity index (χ4v) is 4.00. The molecule has 0 radical (unpaired) electrons. The highest BCUT2D eigenvalue weighted by molar-refractivity contribution is 7.99. The van der Waals surface area contributed by atoms with Gasteiger partial charge in [0.15, 0.2) is 0 Å². The first-order chi connectivity index (χ1) is 11.3. The summed E-state index contributed by atoms with van der Waals surface area (Å²) in [7, 11) is 2.25. The number of benzene rings is 1. The van der Waals surface area contributed by atoms with Crippen LogP contribution in [0.4, 0.5) is 0 Å². The minimum atomic E-state index is 0.662. The smallest absolute Gasteiger partial charge is 0.119 e. The normalized spacial score (nSPS) is 15.9. The van der Waals surface area contributed by atoms with Gasteiger partial charge in [-0.15, -0.1) is 0 Å². The van der Waals surface area contributed by atoms with Gasteiger partial charge in [-0.25, -0.2) is 4.98 Å². The third-order valence-corrected chi connectivity index (χ3v) is 5.40. The molecule has 0 unspecified atom stereocenters. The fraction of sp³-hybridized carbons (Fsp3) is 0.500. The Labute approximate surface area is 142 Å². The lowest BCUT2D eigenvalue weighted by atomic mass is 10.1. The van der Waals surface area contributed by atoms with Crippen LogP contribution in [0.15, 0.2) is 43.0 Å². The summed E-state index contributed by atoms with van der Waals surface area (Å²) < 4.78 is 7.81. The van der Waals surface area contributed by atoms with Gasteiger partial charge >= 0.3 is 0 Å². The molecular formula is C18H25N3OS. The first-order valence-corrected chi connectivity index (χ1v) is 9.42. The van der Waals surface area contributed by atoms with Gasteiger partial charge in [-0.3, -0.25) is 4.90 Å². The number of nitrogens with zero attached hydrogens (tertiary/aromatic N) is 3. The number of ether oxygens (including phenoxy) is 1. The molecule has 0 atom stereocenters. The molecule has 5 heteroatoms. The average Bonchev–Trinajstić information content (AvgIpc) is 3.11. The molecule has 2 aromatic rings. The van der Waals surface area contributed by atoms with Gasteiger partial charge in [0, 0.05) is 25.0 Å². The second kappa shape index (κ2) is 8.41. The lowest BCUT2D eigenvalue weighted by Gasteiger charge is -2.31. The van der Waals surface area contributed by atoms with Crippen LogP contribution in [0, 0.1) is 0 Å². The molecule has 0 saturated carbocycles. The number of rotatable bonds is 7. The highest BCUT2D eigenvalue weighted by atomic mass is 32.2. The van der Waals surface area contributed by atoms with Gasteiger partial charge in [0.05, 0.1) is 12.9 Å². The highest BCUT2D eigenvalue weighted by Crippen LogP contribution is 2.22. The summed E-state index contributed by atoms with van der Waals surface area (Å²) in [6, 6.07) is 9.26. The van der Waals surface area contributed by atoms with Gasteiger partial charge in [0.2, 0.25) is 0 Å². The van der Waals surface area contributed by atoms with Crippen molar-refractivity contribution >= 4 is 11.8 Å². The Morgan fingerprint density at radius 3 is 2.74 bits per heavy atom. The predicted molar refractivity (Wildman–Crippen MR) is 96.0 cm³/mol. The summed E-state index contributed by atoms with van der Waals surface area (Å²) in [4.78, 5) is 6.52. The molecule has 3 rings (SSSR count). The lowest BCUT2D eigenvalue weighted by molar-refractivity contribution is 0.221. The van der Waals surface area contributed by atoms with Crippen molar-refractivity contribution in [3.05, 3.63) is 48.5 Å². The number of hydrogen-bond acceptors (Lipinski definition) is 4. The van der Waals surface area contributed by atoms with Crippen molar-refractivity contribution in [1.29, 1.82) is 0 Å².